The minimum atomic E-state index is -3.82. The van der Waals surface area contributed by atoms with Gasteiger partial charge in [-0.15, -0.1) is 0 Å². The normalized spacial score (nSPS) is 16.3. The van der Waals surface area contributed by atoms with Crippen LogP contribution < -0.4 is 9.47 Å². The molecule has 0 saturated heterocycles. The van der Waals surface area contributed by atoms with Crippen LogP contribution >= 0.6 is 0 Å². The van der Waals surface area contributed by atoms with Crippen LogP contribution in [0.15, 0.2) is 88.9 Å². The van der Waals surface area contributed by atoms with Gasteiger partial charge in [-0.2, -0.15) is 17.9 Å². The predicted octanol–water partition coefficient (Wildman–Crippen LogP) is 4.24. The van der Waals surface area contributed by atoms with Gasteiger partial charge in [0.15, 0.2) is 0 Å². The largest absolute Gasteiger partial charge is 0.497 e. The van der Waals surface area contributed by atoms with Crippen molar-refractivity contribution in [2.75, 3.05) is 14.2 Å². The Balaban J connectivity index is 1.76. The van der Waals surface area contributed by atoms with Gasteiger partial charge in [0, 0.05) is 6.42 Å². The van der Waals surface area contributed by atoms with E-state index < -0.39 is 16.1 Å². The molecule has 30 heavy (non-hydrogen) atoms. The maximum atomic E-state index is 13.4. The molecule has 1 aliphatic heterocycles. The Morgan fingerprint density at radius 2 is 1.40 bits per heavy atom. The van der Waals surface area contributed by atoms with Crippen LogP contribution in [0.3, 0.4) is 0 Å². The van der Waals surface area contributed by atoms with Gasteiger partial charge in [0.25, 0.3) is 10.0 Å². The Hall–Kier alpha value is -3.32. The molecule has 0 fully saturated rings. The number of benzene rings is 3. The first-order chi connectivity index (χ1) is 14.5. The van der Waals surface area contributed by atoms with Gasteiger partial charge in [0.05, 0.1) is 30.9 Å². The number of nitrogens with zero attached hydrogens (tertiary/aromatic N) is 2. The van der Waals surface area contributed by atoms with Gasteiger partial charge in [-0.05, 0) is 59.7 Å². The zero-order valence-corrected chi connectivity index (χ0v) is 17.5. The lowest BCUT2D eigenvalue weighted by Crippen LogP contribution is -2.27. The number of hydrogen-bond donors (Lipinski definition) is 0. The molecular formula is C23H22N2O4S. The Labute approximate surface area is 176 Å². The highest BCUT2D eigenvalue weighted by Gasteiger charge is 2.37. The summed E-state index contributed by atoms with van der Waals surface area (Å²) < 4.78 is 38.5. The minimum absolute atomic E-state index is 0.211. The number of methoxy groups -OCH3 is 2. The van der Waals surface area contributed by atoms with E-state index in [2.05, 4.69) is 5.10 Å². The van der Waals surface area contributed by atoms with Crippen molar-refractivity contribution in [1.82, 2.24) is 4.41 Å². The van der Waals surface area contributed by atoms with E-state index in [0.717, 1.165) is 16.9 Å². The van der Waals surface area contributed by atoms with Crippen molar-refractivity contribution in [3.63, 3.8) is 0 Å². The SMILES string of the molecule is COc1ccc(C2=NN(S(=O)(=O)c3ccccc3)C(c3ccc(OC)cc3)C2)cc1. The van der Waals surface area contributed by atoms with Gasteiger partial charge < -0.3 is 9.47 Å². The van der Waals surface area contributed by atoms with Gasteiger partial charge >= 0.3 is 0 Å². The molecule has 1 atom stereocenters. The van der Waals surface area contributed by atoms with Crippen molar-refractivity contribution < 1.29 is 17.9 Å². The smallest absolute Gasteiger partial charge is 0.279 e. The molecule has 6 nitrogen and oxygen atoms in total. The van der Waals surface area contributed by atoms with E-state index >= 15 is 0 Å². The number of rotatable bonds is 6. The summed E-state index contributed by atoms with van der Waals surface area (Å²) in [5, 5.41) is 4.55. The molecule has 3 aromatic carbocycles. The lowest BCUT2D eigenvalue weighted by atomic mass is 9.99. The molecule has 0 bridgehead atoms. The molecule has 0 spiro atoms. The molecule has 0 amide bonds. The molecule has 0 saturated carbocycles. The van der Waals surface area contributed by atoms with Crippen LogP contribution in [0.2, 0.25) is 0 Å². The lowest BCUT2D eigenvalue weighted by molar-refractivity contribution is 0.370. The summed E-state index contributed by atoms with van der Waals surface area (Å²) in [7, 11) is -0.610. The molecule has 1 aliphatic rings. The first-order valence-electron chi connectivity index (χ1n) is 9.48. The van der Waals surface area contributed by atoms with Crippen LogP contribution in [-0.2, 0) is 10.0 Å². The van der Waals surface area contributed by atoms with E-state index in [9.17, 15) is 8.42 Å². The quantitative estimate of drug-likeness (QED) is 0.596. The molecule has 3 aromatic rings. The van der Waals surface area contributed by atoms with E-state index in [1.54, 1.807) is 44.6 Å². The van der Waals surface area contributed by atoms with Crippen LogP contribution in [0, 0.1) is 0 Å². The number of sulfonamides is 1. The average Bonchev–Trinajstić information content (AvgIpc) is 3.26. The van der Waals surface area contributed by atoms with Crippen molar-refractivity contribution >= 4 is 15.7 Å². The molecule has 7 heteroatoms. The fraction of sp³-hybridized carbons (Fsp3) is 0.174. The Bertz CT molecular complexity index is 1140. The molecule has 0 aromatic heterocycles. The van der Waals surface area contributed by atoms with E-state index in [-0.39, 0.29) is 4.90 Å². The Morgan fingerprint density at radius 1 is 0.833 bits per heavy atom. The van der Waals surface area contributed by atoms with E-state index in [1.807, 2.05) is 48.5 Å². The maximum absolute atomic E-state index is 13.4. The molecule has 154 valence electrons. The van der Waals surface area contributed by atoms with E-state index in [1.165, 1.54) is 4.41 Å². The van der Waals surface area contributed by atoms with Gasteiger partial charge in [0.1, 0.15) is 11.5 Å². The lowest BCUT2D eigenvalue weighted by Gasteiger charge is -2.23. The Kier molecular flexibility index (Phi) is 5.46. The van der Waals surface area contributed by atoms with E-state index in [0.29, 0.717) is 17.9 Å². The molecule has 4 rings (SSSR count). The zero-order valence-electron chi connectivity index (χ0n) is 16.7. The summed E-state index contributed by atoms with van der Waals surface area (Å²) >= 11 is 0. The van der Waals surface area contributed by atoms with Crippen molar-refractivity contribution in [2.45, 2.75) is 17.4 Å². The summed E-state index contributed by atoms with van der Waals surface area (Å²) in [6.07, 6.45) is 0.463. The van der Waals surface area contributed by atoms with Crippen LogP contribution in [0.5, 0.6) is 11.5 Å². The van der Waals surface area contributed by atoms with Gasteiger partial charge in [-0.3, -0.25) is 0 Å². The zero-order chi connectivity index (χ0) is 21.1. The molecule has 1 heterocycles. The van der Waals surface area contributed by atoms with Crippen LogP contribution in [-0.4, -0.2) is 32.8 Å². The number of ether oxygens (including phenoxy) is 2. The van der Waals surface area contributed by atoms with Crippen LogP contribution in [0.25, 0.3) is 0 Å². The van der Waals surface area contributed by atoms with Crippen molar-refractivity contribution in [2.24, 2.45) is 5.10 Å². The third-order valence-corrected chi connectivity index (χ3v) is 6.78. The van der Waals surface area contributed by atoms with Crippen LogP contribution in [0.1, 0.15) is 23.6 Å². The average molecular weight is 423 g/mol. The summed E-state index contributed by atoms with van der Waals surface area (Å²) in [4.78, 5) is 0.211. The molecule has 0 aliphatic carbocycles. The second-order valence-corrected chi connectivity index (χ2v) is 8.65. The summed E-state index contributed by atoms with van der Waals surface area (Å²) in [5.41, 5.74) is 2.42. The second kappa shape index (κ2) is 8.20. The van der Waals surface area contributed by atoms with Gasteiger partial charge in [0.2, 0.25) is 0 Å². The van der Waals surface area contributed by atoms with Crippen LogP contribution in [0.4, 0.5) is 0 Å². The van der Waals surface area contributed by atoms with Crippen molar-refractivity contribution in [3.8, 4) is 11.5 Å². The molecule has 0 radical (unpaired) electrons. The summed E-state index contributed by atoms with van der Waals surface area (Å²) in [6.45, 7) is 0. The summed E-state index contributed by atoms with van der Waals surface area (Å²) in [5.74, 6) is 1.45. The monoisotopic (exact) mass is 422 g/mol. The highest BCUT2D eigenvalue weighted by molar-refractivity contribution is 7.89. The highest BCUT2D eigenvalue weighted by atomic mass is 32.2. The Morgan fingerprint density at radius 3 is 1.97 bits per heavy atom. The van der Waals surface area contributed by atoms with E-state index in [4.69, 9.17) is 9.47 Å². The number of hydrogen-bond acceptors (Lipinski definition) is 5. The molecular weight excluding hydrogens is 400 g/mol. The minimum Gasteiger partial charge on any atom is -0.497 e. The third-order valence-electron chi connectivity index (χ3n) is 5.08. The highest BCUT2D eigenvalue weighted by Crippen LogP contribution is 2.37. The fourth-order valence-electron chi connectivity index (χ4n) is 3.44. The topological polar surface area (TPSA) is 68.2 Å². The first kappa shape index (κ1) is 20.0. The molecule has 1 unspecified atom stereocenters. The fourth-order valence-corrected chi connectivity index (χ4v) is 4.90. The van der Waals surface area contributed by atoms with Crippen molar-refractivity contribution in [3.05, 3.63) is 90.0 Å². The predicted molar refractivity (Wildman–Crippen MR) is 115 cm³/mol. The number of hydrazone groups is 1. The maximum Gasteiger partial charge on any atom is 0.279 e. The third kappa shape index (κ3) is 3.76. The van der Waals surface area contributed by atoms with Crippen molar-refractivity contribution in [1.29, 1.82) is 0 Å². The van der Waals surface area contributed by atoms with Gasteiger partial charge in [-0.1, -0.05) is 30.3 Å². The molecule has 0 N–H and O–H groups in total. The second-order valence-electron chi connectivity index (χ2n) is 6.86. The first-order valence-corrected chi connectivity index (χ1v) is 10.9. The van der Waals surface area contributed by atoms with Gasteiger partial charge in [-0.25, -0.2) is 0 Å². The standard InChI is InChI=1S/C23H22N2O4S/c1-28-19-12-8-17(9-13-19)22-16-23(18-10-14-20(29-2)15-11-18)25(24-22)30(26,27)21-6-4-3-5-7-21/h3-15,23H,16H2,1-2H3. The summed E-state index contributed by atoms with van der Waals surface area (Å²) in [6, 6.07) is 22.8.